The molecule has 1 aromatic heterocycles. The summed E-state index contributed by atoms with van der Waals surface area (Å²) in [5.41, 5.74) is 3.29. The highest BCUT2D eigenvalue weighted by Crippen LogP contribution is 2.28. The van der Waals surface area contributed by atoms with Crippen LogP contribution in [0.25, 0.3) is 16.7 Å². The first-order chi connectivity index (χ1) is 10.0. The van der Waals surface area contributed by atoms with Crippen LogP contribution in [0.2, 0.25) is 5.02 Å². The standard InChI is InChI=1S/C16H13ClN2O2/c1-9-12(17)6-4-7-13(9)19-10(2)18-15-11(16(20)21)5-3-8-14(15)19/h3-8H,1-2H3,(H,20,21). The second-order valence-corrected chi connectivity index (χ2v) is 5.26. The number of imidazole rings is 1. The number of carboxylic acid groups (broad SMARTS) is 1. The van der Waals surface area contributed by atoms with Crippen molar-refractivity contribution in [3.63, 3.8) is 0 Å². The van der Waals surface area contributed by atoms with Crippen LogP contribution in [0.15, 0.2) is 36.4 Å². The van der Waals surface area contributed by atoms with Crippen LogP contribution in [0.1, 0.15) is 21.7 Å². The summed E-state index contributed by atoms with van der Waals surface area (Å²) in [6.07, 6.45) is 0. The van der Waals surface area contributed by atoms with Crippen molar-refractivity contribution in [2.24, 2.45) is 0 Å². The molecular weight excluding hydrogens is 288 g/mol. The van der Waals surface area contributed by atoms with Crippen molar-refractivity contribution < 1.29 is 9.90 Å². The lowest BCUT2D eigenvalue weighted by atomic mass is 10.1. The van der Waals surface area contributed by atoms with Crippen LogP contribution in [-0.2, 0) is 0 Å². The van der Waals surface area contributed by atoms with E-state index in [4.69, 9.17) is 11.6 Å². The van der Waals surface area contributed by atoms with Gasteiger partial charge in [0.15, 0.2) is 0 Å². The van der Waals surface area contributed by atoms with E-state index in [0.29, 0.717) is 10.5 Å². The largest absolute Gasteiger partial charge is 0.478 e. The molecular formula is C16H13ClN2O2. The summed E-state index contributed by atoms with van der Waals surface area (Å²) < 4.78 is 1.93. The fourth-order valence-corrected chi connectivity index (χ4v) is 2.70. The van der Waals surface area contributed by atoms with Crippen molar-refractivity contribution in [3.8, 4) is 5.69 Å². The number of aromatic nitrogens is 2. The van der Waals surface area contributed by atoms with Gasteiger partial charge in [0.2, 0.25) is 0 Å². The Balaban J connectivity index is 2.39. The number of aryl methyl sites for hydroxylation is 1. The third-order valence-corrected chi connectivity index (χ3v) is 3.97. The van der Waals surface area contributed by atoms with Crippen LogP contribution in [0.3, 0.4) is 0 Å². The molecule has 0 fully saturated rings. The second-order valence-electron chi connectivity index (χ2n) is 4.86. The van der Waals surface area contributed by atoms with Gasteiger partial charge in [0.05, 0.1) is 16.8 Å². The number of hydrogen-bond acceptors (Lipinski definition) is 2. The Morgan fingerprint density at radius 1 is 1.19 bits per heavy atom. The highest BCUT2D eigenvalue weighted by atomic mass is 35.5. The Bertz CT molecular complexity index is 868. The number of rotatable bonds is 2. The van der Waals surface area contributed by atoms with Gasteiger partial charge >= 0.3 is 5.97 Å². The molecule has 0 bridgehead atoms. The van der Waals surface area contributed by atoms with E-state index < -0.39 is 5.97 Å². The third kappa shape index (κ3) is 2.08. The number of halogens is 1. The minimum atomic E-state index is -0.979. The molecule has 0 aliphatic rings. The van der Waals surface area contributed by atoms with E-state index in [0.717, 1.165) is 22.6 Å². The zero-order valence-electron chi connectivity index (χ0n) is 11.6. The van der Waals surface area contributed by atoms with Gasteiger partial charge in [0, 0.05) is 5.02 Å². The fourth-order valence-electron chi connectivity index (χ4n) is 2.53. The first kappa shape index (κ1) is 13.6. The molecule has 0 aliphatic carbocycles. The van der Waals surface area contributed by atoms with Crippen molar-refractivity contribution in [2.75, 3.05) is 0 Å². The maximum absolute atomic E-state index is 11.3. The van der Waals surface area contributed by atoms with Crippen LogP contribution in [0.4, 0.5) is 0 Å². The van der Waals surface area contributed by atoms with E-state index in [1.807, 2.05) is 42.7 Å². The number of fused-ring (bicyclic) bond motifs is 1. The van der Waals surface area contributed by atoms with Gasteiger partial charge < -0.3 is 5.11 Å². The molecule has 3 rings (SSSR count). The van der Waals surface area contributed by atoms with E-state index in [9.17, 15) is 9.90 Å². The molecule has 2 aromatic carbocycles. The van der Waals surface area contributed by atoms with E-state index in [1.54, 1.807) is 12.1 Å². The van der Waals surface area contributed by atoms with Gasteiger partial charge in [-0.2, -0.15) is 0 Å². The predicted molar refractivity (Wildman–Crippen MR) is 82.5 cm³/mol. The number of nitrogens with zero attached hydrogens (tertiary/aromatic N) is 2. The van der Waals surface area contributed by atoms with Crippen molar-refractivity contribution >= 4 is 28.6 Å². The van der Waals surface area contributed by atoms with Gasteiger partial charge in [0.1, 0.15) is 11.3 Å². The Kier molecular flexibility index (Phi) is 3.18. The molecule has 0 radical (unpaired) electrons. The summed E-state index contributed by atoms with van der Waals surface area (Å²) in [6.45, 7) is 3.79. The maximum atomic E-state index is 11.3. The molecule has 5 heteroatoms. The zero-order chi connectivity index (χ0) is 15.1. The number of para-hydroxylation sites is 1. The monoisotopic (exact) mass is 300 g/mol. The van der Waals surface area contributed by atoms with E-state index in [-0.39, 0.29) is 5.56 Å². The molecule has 1 N–H and O–H groups in total. The van der Waals surface area contributed by atoms with Gasteiger partial charge in [-0.1, -0.05) is 23.7 Å². The number of carboxylic acids is 1. The van der Waals surface area contributed by atoms with Crippen LogP contribution in [0.5, 0.6) is 0 Å². The van der Waals surface area contributed by atoms with Gasteiger partial charge in [0.25, 0.3) is 0 Å². The average Bonchev–Trinajstić information content (AvgIpc) is 2.77. The first-order valence-electron chi connectivity index (χ1n) is 6.47. The van der Waals surface area contributed by atoms with Crippen molar-refractivity contribution in [2.45, 2.75) is 13.8 Å². The SMILES string of the molecule is Cc1c(Cl)cccc1-n1c(C)nc2c(C(=O)O)cccc21. The zero-order valence-corrected chi connectivity index (χ0v) is 12.3. The van der Waals surface area contributed by atoms with Gasteiger partial charge in [-0.3, -0.25) is 4.57 Å². The molecule has 1 heterocycles. The normalized spacial score (nSPS) is 11.0. The summed E-state index contributed by atoms with van der Waals surface area (Å²) in [6, 6.07) is 10.8. The quantitative estimate of drug-likeness (QED) is 0.778. The minimum Gasteiger partial charge on any atom is -0.478 e. The highest BCUT2D eigenvalue weighted by molar-refractivity contribution is 6.31. The predicted octanol–water partition coefficient (Wildman–Crippen LogP) is 3.99. The molecule has 0 saturated carbocycles. The number of aromatic carboxylic acids is 1. The van der Waals surface area contributed by atoms with Gasteiger partial charge in [-0.15, -0.1) is 0 Å². The second kappa shape index (κ2) is 4.90. The molecule has 21 heavy (non-hydrogen) atoms. The lowest BCUT2D eigenvalue weighted by Gasteiger charge is -2.11. The molecule has 0 unspecified atom stereocenters. The van der Waals surface area contributed by atoms with Gasteiger partial charge in [-0.05, 0) is 43.7 Å². The average molecular weight is 301 g/mol. The van der Waals surface area contributed by atoms with Crippen molar-refractivity contribution in [1.29, 1.82) is 0 Å². The molecule has 0 amide bonds. The highest BCUT2D eigenvalue weighted by Gasteiger charge is 2.17. The number of hydrogen-bond donors (Lipinski definition) is 1. The van der Waals surface area contributed by atoms with Crippen LogP contribution in [0, 0.1) is 13.8 Å². The number of carbonyl (C=O) groups is 1. The van der Waals surface area contributed by atoms with Crippen molar-refractivity contribution in [1.82, 2.24) is 9.55 Å². The summed E-state index contributed by atoms with van der Waals surface area (Å²) in [5.74, 6) is -0.253. The topological polar surface area (TPSA) is 55.1 Å². The van der Waals surface area contributed by atoms with E-state index >= 15 is 0 Å². The Morgan fingerprint density at radius 3 is 2.62 bits per heavy atom. The van der Waals surface area contributed by atoms with Crippen LogP contribution < -0.4 is 0 Å². The summed E-state index contributed by atoms with van der Waals surface area (Å²) >= 11 is 6.19. The van der Waals surface area contributed by atoms with E-state index in [1.165, 1.54) is 0 Å². The summed E-state index contributed by atoms with van der Waals surface area (Å²) in [4.78, 5) is 15.7. The molecule has 0 saturated heterocycles. The Hall–Kier alpha value is -2.33. The Morgan fingerprint density at radius 2 is 1.90 bits per heavy atom. The van der Waals surface area contributed by atoms with Crippen LogP contribution >= 0.6 is 11.6 Å². The Labute approximate surface area is 126 Å². The van der Waals surface area contributed by atoms with Crippen molar-refractivity contribution in [3.05, 3.63) is 58.4 Å². The van der Waals surface area contributed by atoms with Crippen LogP contribution in [-0.4, -0.2) is 20.6 Å². The molecule has 0 spiro atoms. The molecule has 0 atom stereocenters. The number of benzene rings is 2. The fraction of sp³-hybridized carbons (Fsp3) is 0.125. The maximum Gasteiger partial charge on any atom is 0.337 e. The third-order valence-electron chi connectivity index (χ3n) is 3.56. The summed E-state index contributed by atoms with van der Waals surface area (Å²) in [7, 11) is 0. The van der Waals surface area contributed by atoms with Gasteiger partial charge in [-0.25, -0.2) is 9.78 Å². The first-order valence-corrected chi connectivity index (χ1v) is 6.85. The summed E-state index contributed by atoms with van der Waals surface area (Å²) in [5, 5.41) is 9.95. The molecule has 4 nitrogen and oxygen atoms in total. The van der Waals surface area contributed by atoms with E-state index in [2.05, 4.69) is 4.98 Å². The smallest absolute Gasteiger partial charge is 0.337 e. The molecule has 106 valence electrons. The lowest BCUT2D eigenvalue weighted by Crippen LogP contribution is -2.00. The molecule has 0 aliphatic heterocycles. The lowest BCUT2D eigenvalue weighted by molar-refractivity contribution is 0.0699. The minimum absolute atomic E-state index is 0.203. The molecule has 3 aromatic rings.